The summed E-state index contributed by atoms with van der Waals surface area (Å²) in [6, 6.07) is 10.8. The molecule has 16 heteroatoms. The van der Waals surface area contributed by atoms with Gasteiger partial charge in [0.1, 0.15) is 22.8 Å². The Kier molecular flexibility index (Phi) is 25.7. The Morgan fingerprint density at radius 2 is 0.564 bits per heavy atom. The normalized spacial score (nSPS) is 24.1. The van der Waals surface area contributed by atoms with E-state index in [2.05, 4.69) is 47.6 Å². The predicted octanol–water partition coefficient (Wildman–Crippen LogP) is 21.5. The second-order valence-electron chi connectivity index (χ2n) is 22.6. The first kappa shape index (κ1) is 64.6. The standard InChI is InChI=1S/C17H24F3N.C16H22F3N.C15H20F3N.C14H18F3N/c1-2-3-4-5-13-6-8-14(9-7-13)15-10-11-16(21-12-15)17(18,19)20;1-2-3-4-12-5-7-13(8-6-12)14-9-10-15(20-11-14)16(17,18)19;1-2-3-11-4-6-12(7-5-11)13-8-9-14(19-10-13)15(16,17)18;1-2-10-3-5-11(6-4-10)12-7-8-13(18-9-12)14(15,16)17/h10-14H,2-9H2,1H3;9-13H,2-8H2,1H3;8-12H,2-7H2,1H3;7-11H,2-6H2,1H3/t13-,14-;12-,13-;11-,12-;10-,11-. The number of unbranched alkanes of at least 4 members (excludes halogenated alkanes) is 3. The molecule has 4 nitrogen and oxygen atoms in total. The summed E-state index contributed by atoms with van der Waals surface area (Å²) in [5.41, 5.74) is 0.671. The quantitative estimate of drug-likeness (QED) is 0.0933. The van der Waals surface area contributed by atoms with Gasteiger partial charge in [0.15, 0.2) is 0 Å². The summed E-state index contributed by atoms with van der Waals surface area (Å²) in [7, 11) is 0. The molecule has 0 aliphatic heterocycles. The Balaban J connectivity index is 0.000000192. The van der Waals surface area contributed by atoms with Crippen LogP contribution in [0.25, 0.3) is 0 Å². The first-order valence-electron chi connectivity index (χ1n) is 29.1. The highest BCUT2D eigenvalue weighted by Gasteiger charge is 2.36. The van der Waals surface area contributed by atoms with Crippen molar-refractivity contribution < 1.29 is 52.7 Å². The summed E-state index contributed by atoms with van der Waals surface area (Å²) in [5.74, 6) is 4.80. The van der Waals surface area contributed by atoms with Gasteiger partial charge in [-0.05, 0) is 197 Å². The van der Waals surface area contributed by atoms with E-state index >= 15 is 0 Å². The second-order valence-corrected chi connectivity index (χ2v) is 22.6. The third-order valence-corrected chi connectivity index (χ3v) is 17.0. The van der Waals surface area contributed by atoms with Gasteiger partial charge in [0, 0.05) is 24.8 Å². The number of alkyl halides is 12. The maximum Gasteiger partial charge on any atom is 0.433 e. The summed E-state index contributed by atoms with van der Waals surface area (Å²) >= 11 is 0. The summed E-state index contributed by atoms with van der Waals surface area (Å²) in [6.07, 6.45) is 19.2. The molecule has 0 spiro atoms. The first-order chi connectivity index (χ1) is 37.0. The van der Waals surface area contributed by atoms with E-state index in [4.69, 9.17) is 0 Å². The van der Waals surface area contributed by atoms with Gasteiger partial charge in [0.05, 0.1) is 0 Å². The Hall–Kier alpha value is -4.24. The molecule has 0 unspecified atom stereocenters. The van der Waals surface area contributed by atoms with Gasteiger partial charge < -0.3 is 0 Å². The lowest BCUT2D eigenvalue weighted by atomic mass is 9.77. The van der Waals surface area contributed by atoms with Crippen LogP contribution in [0.5, 0.6) is 0 Å². The van der Waals surface area contributed by atoms with Crippen LogP contribution in [0.2, 0.25) is 0 Å². The van der Waals surface area contributed by atoms with Gasteiger partial charge in [-0.1, -0.05) is 116 Å². The molecule has 0 amide bonds. The van der Waals surface area contributed by atoms with Crippen molar-refractivity contribution in [3.05, 3.63) is 118 Å². The fraction of sp³-hybridized carbons (Fsp3) is 0.677. The number of rotatable bonds is 14. The largest absolute Gasteiger partial charge is 0.433 e. The minimum absolute atomic E-state index is 0.391. The van der Waals surface area contributed by atoms with Crippen molar-refractivity contribution in [1.82, 2.24) is 19.9 Å². The molecule has 4 saturated carbocycles. The van der Waals surface area contributed by atoms with Crippen molar-refractivity contribution in [3.8, 4) is 0 Å². The van der Waals surface area contributed by atoms with Crippen LogP contribution >= 0.6 is 0 Å². The van der Waals surface area contributed by atoms with Crippen LogP contribution < -0.4 is 0 Å². The van der Waals surface area contributed by atoms with E-state index in [1.165, 1.54) is 140 Å². The number of nitrogens with zero attached hydrogens (tertiary/aromatic N) is 4. The lowest BCUT2D eigenvalue weighted by molar-refractivity contribution is -0.142. The molecule has 0 aromatic carbocycles. The van der Waals surface area contributed by atoms with Crippen molar-refractivity contribution in [1.29, 1.82) is 0 Å². The Bertz CT molecular complexity index is 2230. The number of hydrogen-bond acceptors (Lipinski definition) is 4. The molecule has 78 heavy (non-hydrogen) atoms. The van der Waals surface area contributed by atoms with Crippen LogP contribution in [-0.4, -0.2) is 19.9 Å². The maximum absolute atomic E-state index is 12.5. The van der Waals surface area contributed by atoms with Crippen LogP contribution in [0.3, 0.4) is 0 Å². The van der Waals surface area contributed by atoms with E-state index in [-0.39, 0.29) is 0 Å². The molecule has 0 saturated heterocycles. The number of aromatic nitrogens is 4. The molecule has 0 radical (unpaired) electrons. The molecule has 4 fully saturated rings. The van der Waals surface area contributed by atoms with Gasteiger partial charge >= 0.3 is 24.7 Å². The van der Waals surface area contributed by atoms with Crippen molar-refractivity contribution in [2.75, 3.05) is 0 Å². The van der Waals surface area contributed by atoms with Crippen LogP contribution in [0.4, 0.5) is 52.7 Å². The lowest BCUT2D eigenvalue weighted by Crippen LogP contribution is -2.14. The van der Waals surface area contributed by atoms with Gasteiger partial charge in [0.25, 0.3) is 0 Å². The molecule has 0 atom stereocenters. The highest BCUT2D eigenvalue weighted by molar-refractivity contribution is 5.23. The molecule has 8 rings (SSSR count). The smallest absolute Gasteiger partial charge is 0.251 e. The van der Waals surface area contributed by atoms with E-state index in [1.54, 1.807) is 24.3 Å². The average Bonchev–Trinajstić information content (AvgIpc) is 3.43. The summed E-state index contributed by atoms with van der Waals surface area (Å²) in [4.78, 5) is 14.2. The minimum Gasteiger partial charge on any atom is -0.251 e. The van der Waals surface area contributed by atoms with E-state index < -0.39 is 47.5 Å². The van der Waals surface area contributed by atoms with Gasteiger partial charge in [-0.2, -0.15) is 52.7 Å². The zero-order chi connectivity index (χ0) is 56.9. The van der Waals surface area contributed by atoms with Crippen molar-refractivity contribution in [2.45, 2.75) is 243 Å². The molecular formula is C62H84F12N4. The number of hydrogen-bond donors (Lipinski definition) is 0. The SMILES string of the molecule is CCCCC[C@H]1CC[C@H](c2ccc(C(F)(F)F)nc2)CC1.CCCC[C@H]1CC[C@H](c2ccc(C(F)(F)F)nc2)CC1.CCC[C@H]1CC[C@H](c2ccc(C(F)(F)F)nc2)CC1.CC[C@H]1CC[C@H](c2ccc(C(F)(F)F)nc2)CC1. The zero-order valence-corrected chi connectivity index (χ0v) is 46.3. The maximum atomic E-state index is 12.5. The van der Waals surface area contributed by atoms with Crippen molar-refractivity contribution >= 4 is 0 Å². The fourth-order valence-corrected chi connectivity index (χ4v) is 12.1. The van der Waals surface area contributed by atoms with E-state index in [1.807, 2.05) is 0 Å². The van der Waals surface area contributed by atoms with E-state index in [0.29, 0.717) is 23.7 Å². The third kappa shape index (κ3) is 21.3. The molecule has 436 valence electrons. The monoisotopic (exact) mass is 1110 g/mol. The molecular weight excluding hydrogens is 1030 g/mol. The van der Waals surface area contributed by atoms with Gasteiger partial charge in [-0.3, -0.25) is 19.9 Å². The highest BCUT2D eigenvalue weighted by Crippen LogP contribution is 2.42. The number of halogens is 12. The van der Waals surface area contributed by atoms with Crippen LogP contribution in [0, 0.1) is 23.7 Å². The highest BCUT2D eigenvalue weighted by atomic mass is 19.4. The Morgan fingerprint density at radius 3 is 0.782 bits per heavy atom. The van der Waals surface area contributed by atoms with Crippen LogP contribution in [-0.2, 0) is 24.7 Å². The first-order valence-corrected chi connectivity index (χ1v) is 29.1. The molecule has 4 aliphatic carbocycles. The van der Waals surface area contributed by atoms with Crippen molar-refractivity contribution in [3.63, 3.8) is 0 Å². The molecule has 4 aromatic heterocycles. The Morgan fingerprint density at radius 1 is 0.308 bits per heavy atom. The van der Waals surface area contributed by atoms with Gasteiger partial charge in [0.2, 0.25) is 0 Å². The van der Waals surface area contributed by atoms with E-state index in [0.717, 1.165) is 122 Å². The topological polar surface area (TPSA) is 51.6 Å². The van der Waals surface area contributed by atoms with E-state index in [9.17, 15) is 52.7 Å². The lowest BCUT2D eigenvalue weighted by Gasteiger charge is -2.28. The second kappa shape index (κ2) is 31.1. The van der Waals surface area contributed by atoms with Gasteiger partial charge in [-0.15, -0.1) is 0 Å². The van der Waals surface area contributed by atoms with Crippen LogP contribution in [0.1, 0.15) is 263 Å². The van der Waals surface area contributed by atoms with Crippen LogP contribution in [0.15, 0.2) is 73.3 Å². The Labute approximate surface area is 456 Å². The average molecular weight is 1110 g/mol. The number of pyridine rings is 4. The van der Waals surface area contributed by atoms with Crippen molar-refractivity contribution in [2.24, 2.45) is 23.7 Å². The minimum atomic E-state index is -4.34. The predicted molar refractivity (Wildman–Crippen MR) is 285 cm³/mol. The third-order valence-electron chi connectivity index (χ3n) is 17.0. The summed E-state index contributed by atoms with van der Waals surface area (Å²) < 4.78 is 149. The van der Waals surface area contributed by atoms with Gasteiger partial charge in [-0.25, -0.2) is 0 Å². The zero-order valence-electron chi connectivity index (χ0n) is 46.3. The summed E-state index contributed by atoms with van der Waals surface area (Å²) in [5, 5.41) is 0. The molecule has 0 N–H and O–H groups in total. The molecule has 4 heterocycles. The molecule has 4 aromatic rings. The summed E-state index contributed by atoms with van der Waals surface area (Å²) in [6.45, 7) is 8.82. The molecule has 4 aliphatic rings. The molecule has 0 bridgehead atoms. The fourth-order valence-electron chi connectivity index (χ4n) is 12.1.